The Labute approximate surface area is 158 Å². The molecule has 0 radical (unpaired) electrons. The summed E-state index contributed by atoms with van der Waals surface area (Å²) in [7, 11) is 0. The minimum absolute atomic E-state index is 0.0375. The number of hydrogen-bond donors (Lipinski definition) is 3. The molecular formula is C21H24N2O4. The number of anilines is 1. The van der Waals surface area contributed by atoms with Crippen LogP contribution < -0.4 is 10.6 Å². The molecule has 0 spiro atoms. The summed E-state index contributed by atoms with van der Waals surface area (Å²) in [6.07, 6.45) is 0. The molecule has 0 aliphatic carbocycles. The molecule has 142 valence electrons. The number of carboxylic acid groups (broad SMARTS) is 1. The molecule has 2 aromatic carbocycles. The van der Waals surface area contributed by atoms with E-state index in [1.165, 1.54) is 6.07 Å². The summed E-state index contributed by atoms with van der Waals surface area (Å²) in [6, 6.07) is 11.6. The molecule has 6 heteroatoms. The number of rotatable bonds is 5. The number of aromatic carboxylic acids is 1. The molecule has 2 aromatic rings. The van der Waals surface area contributed by atoms with E-state index < -0.39 is 11.4 Å². The number of carbonyl (C=O) groups excluding carboxylic acids is 2. The topological polar surface area (TPSA) is 95.5 Å². The number of carbonyl (C=O) groups is 3. The van der Waals surface area contributed by atoms with Crippen molar-refractivity contribution in [3.8, 4) is 0 Å². The highest BCUT2D eigenvalue weighted by atomic mass is 16.4. The lowest BCUT2D eigenvalue weighted by molar-refractivity contribution is -0.128. The number of amides is 2. The van der Waals surface area contributed by atoms with E-state index in [4.69, 9.17) is 5.11 Å². The molecule has 0 fully saturated rings. The van der Waals surface area contributed by atoms with E-state index in [2.05, 4.69) is 10.6 Å². The molecule has 0 bridgehead atoms. The van der Waals surface area contributed by atoms with Crippen molar-refractivity contribution < 1.29 is 19.5 Å². The van der Waals surface area contributed by atoms with Gasteiger partial charge in [-0.25, -0.2) is 4.79 Å². The molecule has 0 unspecified atom stereocenters. The Kier molecular flexibility index (Phi) is 6.00. The van der Waals surface area contributed by atoms with Crippen molar-refractivity contribution in [2.24, 2.45) is 5.41 Å². The Morgan fingerprint density at radius 3 is 2.15 bits per heavy atom. The number of nitrogens with one attached hydrogen (secondary N) is 2. The molecule has 0 saturated heterocycles. The maximum atomic E-state index is 12.4. The predicted molar refractivity (Wildman–Crippen MR) is 104 cm³/mol. The summed E-state index contributed by atoms with van der Waals surface area (Å²) in [5.41, 5.74) is 2.23. The lowest BCUT2D eigenvalue weighted by Crippen LogP contribution is -2.34. The van der Waals surface area contributed by atoms with Crippen molar-refractivity contribution in [1.82, 2.24) is 5.32 Å². The van der Waals surface area contributed by atoms with Crippen molar-refractivity contribution in [3.05, 3.63) is 64.7 Å². The SMILES string of the molecule is Cc1cc(NC(=O)c2ccc(CNC(=O)C(C)(C)C)cc2)ccc1C(=O)O. The highest BCUT2D eigenvalue weighted by Crippen LogP contribution is 2.17. The summed E-state index contributed by atoms with van der Waals surface area (Å²) < 4.78 is 0. The number of hydrogen-bond acceptors (Lipinski definition) is 3. The molecule has 6 nitrogen and oxygen atoms in total. The monoisotopic (exact) mass is 368 g/mol. The third-order valence-corrected chi connectivity index (χ3v) is 4.07. The van der Waals surface area contributed by atoms with Gasteiger partial charge in [-0.1, -0.05) is 32.9 Å². The van der Waals surface area contributed by atoms with Crippen molar-refractivity contribution >= 4 is 23.5 Å². The standard InChI is InChI=1S/C21H24N2O4/c1-13-11-16(9-10-17(13)19(25)26)23-18(24)15-7-5-14(6-8-15)12-22-20(27)21(2,3)4/h5-11H,12H2,1-4H3,(H,22,27)(H,23,24)(H,25,26). The van der Waals surface area contributed by atoms with Gasteiger partial charge in [0.25, 0.3) is 5.91 Å². The normalized spacial score (nSPS) is 11.0. The first-order valence-electron chi connectivity index (χ1n) is 8.60. The molecule has 0 aliphatic rings. The van der Waals surface area contributed by atoms with Gasteiger partial charge in [0.15, 0.2) is 0 Å². The van der Waals surface area contributed by atoms with Crippen molar-refractivity contribution in [2.45, 2.75) is 34.2 Å². The zero-order valence-corrected chi connectivity index (χ0v) is 15.9. The van der Waals surface area contributed by atoms with Crippen LogP contribution >= 0.6 is 0 Å². The number of aryl methyl sites for hydroxylation is 1. The largest absolute Gasteiger partial charge is 0.478 e. The predicted octanol–water partition coefficient (Wildman–Crippen LogP) is 3.61. The Morgan fingerprint density at radius 1 is 1.00 bits per heavy atom. The van der Waals surface area contributed by atoms with Gasteiger partial charge in [-0.3, -0.25) is 9.59 Å². The van der Waals surface area contributed by atoms with Gasteiger partial charge in [0.2, 0.25) is 5.91 Å². The lowest BCUT2D eigenvalue weighted by Gasteiger charge is -2.17. The van der Waals surface area contributed by atoms with Crippen LogP contribution in [0.4, 0.5) is 5.69 Å². The molecule has 2 rings (SSSR count). The van der Waals surface area contributed by atoms with Crippen LogP contribution in [0.1, 0.15) is 52.6 Å². The lowest BCUT2D eigenvalue weighted by atomic mass is 9.95. The van der Waals surface area contributed by atoms with Gasteiger partial charge >= 0.3 is 5.97 Å². The Balaban J connectivity index is 2.00. The van der Waals surface area contributed by atoms with Crippen LogP contribution in [-0.2, 0) is 11.3 Å². The van der Waals surface area contributed by atoms with E-state index in [0.717, 1.165) is 5.56 Å². The molecule has 0 aromatic heterocycles. The average molecular weight is 368 g/mol. The van der Waals surface area contributed by atoms with E-state index in [-0.39, 0.29) is 17.4 Å². The summed E-state index contributed by atoms with van der Waals surface area (Å²) in [5, 5.41) is 14.7. The van der Waals surface area contributed by atoms with Crippen LogP contribution in [0.2, 0.25) is 0 Å². The van der Waals surface area contributed by atoms with Crippen molar-refractivity contribution in [1.29, 1.82) is 0 Å². The fourth-order valence-corrected chi connectivity index (χ4v) is 2.41. The van der Waals surface area contributed by atoms with Crippen LogP contribution in [-0.4, -0.2) is 22.9 Å². The van der Waals surface area contributed by atoms with E-state index in [1.807, 2.05) is 20.8 Å². The zero-order chi connectivity index (χ0) is 20.2. The van der Waals surface area contributed by atoms with E-state index in [0.29, 0.717) is 23.4 Å². The van der Waals surface area contributed by atoms with Crippen LogP contribution in [0.25, 0.3) is 0 Å². The van der Waals surface area contributed by atoms with Gasteiger partial charge < -0.3 is 15.7 Å². The smallest absolute Gasteiger partial charge is 0.335 e. The third-order valence-electron chi connectivity index (χ3n) is 4.07. The molecule has 0 heterocycles. The fourth-order valence-electron chi connectivity index (χ4n) is 2.41. The van der Waals surface area contributed by atoms with Gasteiger partial charge in [-0.05, 0) is 48.4 Å². The van der Waals surface area contributed by atoms with Crippen LogP contribution in [0.3, 0.4) is 0 Å². The van der Waals surface area contributed by atoms with Gasteiger partial charge in [-0.2, -0.15) is 0 Å². The van der Waals surface area contributed by atoms with Crippen LogP contribution in [0.15, 0.2) is 42.5 Å². The molecule has 0 atom stereocenters. The van der Waals surface area contributed by atoms with Crippen LogP contribution in [0, 0.1) is 12.3 Å². The molecule has 2 amide bonds. The molecule has 3 N–H and O–H groups in total. The molecule has 0 saturated carbocycles. The fraction of sp³-hybridized carbons (Fsp3) is 0.286. The quantitative estimate of drug-likeness (QED) is 0.751. The minimum atomic E-state index is -1.00. The van der Waals surface area contributed by atoms with E-state index >= 15 is 0 Å². The maximum Gasteiger partial charge on any atom is 0.335 e. The van der Waals surface area contributed by atoms with Gasteiger partial charge in [0, 0.05) is 23.2 Å². The van der Waals surface area contributed by atoms with Crippen LogP contribution in [0.5, 0.6) is 0 Å². The Hall–Kier alpha value is -3.15. The molecule has 27 heavy (non-hydrogen) atoms. The average Bonchev–Trinajstić information content (AvgIpc) is 2.59. The number of benzene rings is 2. The minimum Gasteiger partial charge on any atom is -0.478 e. The first-order valence-corrected chi connectivity index (χ1v) is 8.60. The second-order valence-electron chi connectivity index (χ2n) is 7.42. The summed E-state index contributed by atoms with van der Waals surface area (Å²) in [4.78, 5) is 35.3. The maximum absolute atomic E-state index is 12.4. The third kappa shape index (κ3) is 5.41. The molecular weight excluding hydrogens is 344 g/mol. The Morgan fingerprint density at radius 2 is 1.63 bits per heavy atom. The first kappa shape index (κ1) is 20.2. The summed E-state index contributed by atoms with van der Waals surface area (Å²) in [6.45, 7) is 7.62. The highest BCUT2D eigenvalue weighted by molar-refractivity contribution is 6.04. The van der Waals surface area contributed by atoms with Crippen molar-refractivity contribution in [3.63, 3.8) is 0 Å². The summed E-state index contributed by atoms with van der Waals surface area (Å²) >= 11 is 0. The van der Waals surface area contributed by atoms with Gasteiger partial charge in [0.1, 0.15) is 0 Å². The van der Waals surface area contributed by atoms with E-state index in [9.17, 15) is 14.4 Å². The highest BCUT2D eigenvalue weighted by Gasteiger charge is 2.20. The zero-order valence-electron chi connectivity index (χ0n) is 15.9. The second-order valence-corrected chi connectivity index (χ2v) is 7.42. The second kappa shape index (κ2) is 8.03. The van der Waals surface area contributed by atoms with E-state index in [1.54, 1.807) is 43.3 Å². The van der Waals surface area contributed by atoms with Gasteiger partial charge in [-0.15, -0.1) is 0 Å². The van der Waals surface area contributed by atoms with Gasteiger partial charge in [0.05, 0.1) is 5.56 Å². The first-order chi connectivity index (χ1) is 12.6. The molecule has 0 aliphatic heterocycles. The Bertz CT molecular complexity index is 865. The number of carboxylic acids is 1. The summed E-state index contributed by atoms with van der Waals surface area (Å²) in [5.74, 6) is -1.33. The van der Waals surface area contributed by atoms with Crippen molar-refractivity contribution in [2.75, 3.05) is 5.32 Å².